The van der Waals surface area contributed by atoms with E-state index in [4.69, 9.17) is 21.7 Å². The van der Waals surface area contributed by atoms with E-state index in [0.717, 1.165) is 22.4 Å². The summed E-state index contributed by atoms with van der Waals surface area (Å²) in [7, 11) is 0. The summed E-state index contributed by atoms with van der Waals surface area (Å²) in [6, 6.07) is 29.9. The van der Waals surface area contributed by atoms with Crippen LogP contribution >= 0.6 is 12.2 Å². The van der Waals surface area contributed by atoms with Crippen molar-refractivity contribution in [3.63, 3.8) is 0 Å². The standard InChI is InChI=1S/C39H27N3O6S/c43-27-12-15-31-34(20-27)47-35-21-28(44)13-16-32(35)39(31)30-14-11-26(19-29(30)37(46)48-39)41-38(49)40-18-17-36(45)42-22-25-7-2-1-5-23(25)9-10-24-6-3-4-8-33(24)42/h1-8,11-16,19-21,43-44H,17-18,22H2,(H2,40,41,49). The molecular weight excluding hydrogens is 639 g/mol. The molecule has 0 atom stereocenters. The highest BCUT2D eigenvalue weighted by atomic mass is 32.1. The number of nitrogens with zero attached hydrogens (tertiary/aromatic N) is 1. The minimum atomic E-state index is -1.36. The van der Waals surface area contributed by atoms with Crippen molar-refractivity contribution in [1.82, 2.24) is 5.32 Å². The Morgan fingerprint density at radius 1 is 0.837 bits per heavy atom. The molecule has 3 heterocycles. The van der Waals surface area contributed by atoms with Gasteiger partial charge in [-0.05, 0) is 72.4 Å². The molecule has 49 heavy (non-hydrogen) atoms. The third-order valence-corrected chi connectivity index (χ3v) is 9.08. The number of phenols is 2. The maximum atomic E-state index is 13.6. The van der Waals surface area contributed by atoms with E-state index in [-0.39, 0.29) is 35.5 Å². The van der Waals surface area contributed by atoms with E-state index in [9.17, 15) is 19.8 Å². The molecule has 1 spiro atoms. The van der Waals surface area contributed by atoms with E-state index in [1.165, 1.54) is 24.3 Å². The SMILES string of the molecule is O=C1OC2(c3ccc(O)cc3Oc3cc(O)ccc32)c2ccc(NC(=S)NCCC(=O)N3Cc4ccccc4C#Cc4ccccc43)cc21. The Kier molecular flexibility index (Phi) is 7.20. The van der Waals surface area contributed by atoms with Crippen molar-refractivity contribution < 1.29 is 29.3 Å². The first-order valence-electron chi connectivity index (χ1n) is 15.6. The first-order valence-corrected chi connectivity index (χ1v) is 16.0. The topological polar surface area (TPSA) is 120 Å². The molecule has 10 heteroatoms. The summed E-state index contributed by atoms with van der Waals surface area (Å²) in [4.78, 5) is 28.8. The maximum Gasteiger partial charge on any atom is 0.340 e. The quantitative estimate of drug-likeness (QED) is 0.0998. The van der Waals surface area contributed by atoms with Crippen LogP contribution in [0.3, 0.4) is 0 Å². The van der Waals surface area contributed by atoms with Crippen LogP contribution in [0, 0.1) is 11.8 Å². The molecule has 0 bridgehead atoms. The van der Waals surface area contributed by atoms with E-state index >= 15 is 0 Å². The highest BCUT2D eigenvalue weighted by Crippen LogP contribution is 2.57. The van der Waals surface area contributed by atoms with Crippen LogP contribution in [0.5, 0.6) is 23.0 Å². The molecule has 0 unspecified atom stereocenters. The highest BCUT2D eigenvalue weighted by Gasteiger charge is 2.53. The summed E-state index contributed by atoms with van der Waals surface area (Å²) >= 11 is 5.56. The predicted molar refractivity (Wildman–Crippen MR) is 187 cm³/mol. The number of fused-ring (bicyclic) bond motifs is 8. The number of para-hydroxylation sites is 1. The van der Waals surface area contributed by atoms with E-state index in [0.29, 0.717) is 46.0 Å². The van der Waals surface area contributed by atoms with Crippen molar-refractivity contribution in [1.29, 1.82) is 0 Å². The number of hydrogen-bond acceptors (Lipinski definition) is 7. The number of ether oxygens (including phenoxy) is 2. The van der Waals surface area contributed by atoms with Crippen LogP contribution in [0.2, 0.25) is 0 Å². The highest BCUT2D eigenvalue weighted by molar-refractivity contribution is 7.80. The molecule has 0 aromatic heterocycles. The van der Waals surface area contributed by atoms with E-state index < -0.39 is 11.6 Å². The molecule has 0 saturated carbocycles. The van der Waals surface area contributed by atoms with Crippen LogP contribution in [0.15, 0.2) is 103 Å². The number of benzene rings is 5. The Balaban J connectivity index is 0.995. The summed E-state index contributed by atoms with van der Waals surface area (Å²) in [5.74, 6) is 6.38. The lowest BCUT2D eigenvalue weighted by Gasteiger charge is -2.36. The Hall–Kier alpha value is -6.31. The monoisotopic (exact) mass is 665 g/mol. The fraction of sp³-hybridized carbons (Fsp3) is 0.103. The molecule has 0 fully saturated rings. The fourth-order valence-electron chi connectivity index (χ4n) is 6.58. The molecule has 240 valence electrons. The van der Waals surface area contributed by atoms with Gasteiger partial charge in [-0.15, -0.1) is 0 Å². The number of phenolic OH excluding ortho intramolecular Hbond substituents is 2. The van der Waals surface area contributed by atoms with Gasteiger partial charge >= 0.3 is 5.97 Å². The minimum Gasteiger partial charge on any atom is -0.508 e. The van der Waals surface area contributed by atoms with E-state index in [1.54, 1.807) is 35.2 Å². The lowest BCUT2D eigenvalue weighted by molar-refractivity contribution is -0.118. The average Bonchev–Trinajstić information content (AvgIpc) is 3.36. The molecule has 0 aliphatic carbocycles. The predicted octanol–water partition coefficient (Wildman–Crippen LogP) is 6.29. The number of esters is 1. The van der Waals surface area contributed by atoms with Gasteiger partial charge in [0, 0.05) is 58.6 Å². The lowest BCUT2D eigenvalue weighted by atomic mass is 9.77. The van der Waals surface area contributed by atoms with Crippen LogP contribution in [-0.2, 0) is 21.7 Å². The second kappa shape index (κ2) is 11.7. The molecule has 4 N–H and O–H groups in total. The van der Waals surface area contributed by atoms with Gasteiger partial charge in [-0.3, -0.25) is 4.79 Å². The number of anilines is 2. The van der Waals surface area contributed by atoms with Crippen molar-refractivity contribution in [3.8, 4) is 34.8 Å². The zero-order valence-corrected chi connectivity index (χ0v) is 26.6. The summed E-state index contributed by atoms with van der Waals surface area (Å²) < 4.78 is 12.2. The molecule has 8 rings (SSSR count). The number of carbonyl (C=O) groups is 2. The van der Waals surface area contributed by atoms with Crippen LogP contribution < -0.4 is 20.3 Å². The first kappa shape index (κ1) is 30.1. The van der Waals surface area contributed by atoms with E-state index in [1.807, 2.05) is 48.5 Å². The Morgan fingerprint density at radius 3 is 2.24 bits per heavy atom. The normalized spacial score (nSPS) is 14.2. The van der Waals surface area contributed by atoms with Crippen molar-refractivity contribution >= 4 is 40.6 Å². The minimum absolute atomic E-state index is 0.0179. The number of aromatic hydroxyl groups is 2. The van der Waals surface area contributed by atoms with Crippen molar-refractivity contribution in [2.45, 2.75) is 18.6 Å². The van der Waals surface area contributed by atoms with Gasteiger partial charge < -0.3 is 35.2 Å². The summed E-state index contributed by atoms with van der Waals surface area (Å²) in [6.07, 6.45) is 0.177. The third-order valence-electron chi connectivity index (χ3n) is 8.83. The summed E-state index contributed by atoms with van der Waals surface area (Å²) in [5, 5.41) is 26.8. The fourth-order valence-corrected chi connectivity index (χ4v) is 6.80. The number of carbonyl (C=O) groups excluding carboxylic acids is 2. The largest absolute Gasteiger partial charge is 0.508 e. The van der Waals surface area contributed by atoms with Crippen LogP contribution in [0.4, 0.5) is 11.4 Å². The van der Waals surface area contributed by atoms with Gasteiger partial charge in [0.05, 0.1) is 17.8 Å². The van der Waals surface area contributed by atoms with Gasteiger partial charge in [0.25, 0.3) is 0 Å². The van der Waals surface area contributed by atoms with Gasteiger partial charge in [0.2, 0.25) is 5.91 Å². The molecule has 5 aromatic carbocycles. The average molecular weight is 666 g/mol. The lowest BCUT2D eigenvalue weighted by Crippen LogP contribution is -2.36. The number of rotatable bonds is 4. The van der Waals surface area contributed by atoms with Gasteiger partial charge in [-0.2, -0.15) is 0 Å². The van der Waals surface area contributed by atoms with E-state index in [2.05, 4.69) is 22.5 Å². The van der Waals surface area contributed by atoms with Gasteiger partial charge in [0.1, 0.15) is 23.0 Å². The smallest absolute Gasteiger partial charge is 0.340 e. The maximum absolute atomic E-state index is 13.6. The summed E-state index contributed by atoms with van der Waals surface area (Å²) in [6.45, 7) is 0.680. The second-order valence-electron chi connectivity index (χ2n) is 11.8. The Morgan fingerprint density at radius 2 is 1.49 bits per heavy atom. The van der Waals surface area contributed by atoms with Gasteiger partial charge in [0.15, 0.2) is 10.7 Å². The number of hydrogen-bond donors (Lipinski definition) is 4. The van der Waals surface area contributed by atoms with Gasteiger partial charge in [-0.1, -0.05) is 48.2 Å². The number of thiocarbonyl (C=S) groups is 1. The third kappa shape index (κ3) is 5.17. The van der Waals surface area contributed by atoms with Crippen molar-refractivity contribution in [3.05, 3.63) is 142 Å². The molecule has 0 saturated heterocycles. The van der Waals surface area contributed by atoms with Crippen LogP contribution in [0.25, 0.3) is 0 Å². The molecule has 3 aliphatic heterocycles. The number of amides is 1. The Labute approximate surface area is 286 Å². The zero-order valence-electron chi connectivity index (χ0n) is 25.8. The van der Waals surface area contributed by atoms with Crippen molar-refractivity contribution in [2.24, 2.45) is 0 Å². The molecule has 9 nitrogen and oxygen atoms in total. The Bertz CT molecular complexity index is 2240. The second-order valence-corrected chi connectivity index (χ2v) is 12.2. The van der Waals surface area contributed by atoms with Gasteiger partial charge in [-0.25, -0.2) is 4.79 Å². The zero-order chi connectivity index (χ0) is 33.7. The molecular formula is C39H27N3O6S. The summed E-state index contributed by atoms with van der Waals surface area (Å²) in [5.41, 5.74) is 4.59. The molecule has 3 aliphatic rings. The van der Waals surface area contributed by atoms with Crippen molar-refractivity contribution in [2.75, 3.05) is 16.8 Å². The van der Waals surface area contributed by atoms with Crippen LogP contribution in [0.1, 0.15) is 50.2 Å². The number of nitrogens with one attached hydrogen (secondary N) is 2. The first-order chi connectivity index (χ1) is 23.8. The molecule has 5 aromatic rings. The molecule has 1 amide bonds. The van der Waals surface area contributed by atoms with Crippen LogP contribution in [-0.4, -0.2) is 33.7 Å². The molecule has 0 radical (unpaired) electrons.